The van der Waals surface area contributed by atoms with Crippen molar-refractivity contribution in [3.63, 3.8) is 0 Å². The third-order valence-electron chi connectivity index (χ3n) is 8.82. The molecule has 0 aliphatic carbocycles. The quantitative estimate of drug-likeness (QED) is 0.0269. The second-order valence-corrected chi connectivity index (χ2v) is 14.4. The van der Waals surface area contributed by atoms with Crippen LogP contribution in [0.2, 0.25) is 0 Å². The van der Waals surface area contributed by atoms with E-state index in [0.29, 0.717) is 19.4 Å². The highest BCUT2D eigenvalue weighted by molar-refractivity contribution is 5.69. The molecular weight excluding hydrogens is 666 g/mol. The van der Waals surface area contributed by atoms with E-state index in [0.717, 1.165) is 89.9 Å². The molecule has 0 saturated heterocycles. The van der Waals surface area contributed by atoms with Crippen LogP contribution in [0.5, 0.6) is 0 Å². The van der Waals surface area contributed by atoms with Gasteiger partial charge >= 0.3 is 18.1 Å². The van der Waals surface area contributed by atoms with Gasteiger partial charge in [-0.25, -0.2) is 4.79 Å². The number of unbranched alkanes of at least 4 members (excludes halogenated alkanes) is 16. The van der Waals surface area contributed by atoms with Crippen molar-refractivity contribution in [3.8, 4) is 0 Å². The van der Waals surface area contributed by atoms with Crippen molar-refractivity contribution in [2.75, 3.05) is 47.1 Å². The highest BCUT2D eigenvalue weighted by atomic mass is 16.7. The number of nitrogens with zero attached hydrogens (tertiary/aromatic N) is 1. The molecule has 0 aliphatic rings. The topological polar surface area (TPSA) is 91.4 Å². The highest BCUT2D eigenvalue weighted by Crippen LogP contribution is 2.12. The van der Waals surface area contributed by atoms with Gasteiger partial charge in [-0.3, -0.25) is 9.59 Å². The molecule has 53 heavy (non-hydrogen) atoms. The highest BCUT2D eigenvalue weighted by Gasteiger charge is 2.18. The van der Waals surface area contributed by atoms with Crippen molar-refractivity contribution in [2.24, 2.45) is 5.92 Å². The molecule has 0 spiro atoms. The Labute approximate surface area is 325 Å². The van der Waals surface area contributed by atoms with Crippen LogP contribution in [0.4, 0.5) is 4.79 Å². The lowest BCUT2D eigenvalue weighted by Gasteiger charge is -2.17. The van der Waals surface area contributed by atoms with E-state index in [9.17, 15) is 14.4 Å². The van der Waals surface area contributed by atoms with E-state index in [-0.39, 0.29) is 38.4 Å². The molecule has 0 aromatic heterocycles. The number of likely N-dealkylation sites (N-methyl/N-ethyl adjacent to an activating group) is 1. The van der Waals surface area contributed by atoms with E-state index < -0.39 is 12.1 Å². The Morgan fingerprint density at radius 2 is 0.849 bits per heavy atom. The van der Waals surface area contributed by atoms with Crippen LogP contribution in [0.25, 0.3) is 0 Å². The van der Waals surface area contributed by atoms with E-state index in [1.54, 1.807) is 0 Å². The van der Waals surface area contributed by atoms with Crippen LogP contribution in [0, 0.1) is 5.92 Å². The number of allylic oxidation sites excluding steroid dienone is 8. The second-order valence-electron chi connectivity index (χ2n) is 14.4. The van der Waals surface area contributed by atoms with E-state index in [2.05, 4.69) is 62.5 Å². The lowest BCUT2D eigenvalue weighted by atomic mass is 10.1. The summed E-state index contributed by atoms with van der Waals surface area (Å²) in [6.07, 6.45) is 42.7. The van der Waals surface area contributed by atoms with Gasteiger partial charge < -0.3 is 23.8 Å². The van der Waals surface area contributed by atoms with Gasteiger partial charge in [-0.2, -0.15) is 0 Å². The molecule has 0 aromatic rings. The summed E-state index contributed by atoms with van der Waals surface area (Å²) in [5, 5.41) is 0. The van der Waals surface area contributed by atoms with Gasteiger partial charge in [0.2, 0.25) is 0 Å². The number of esters is 2. The lowest BCUT2D eigenvalue weighted by Crippen LogP contribution is -2.27. The van der Waals surface area contributed by atoms with Crippen molar-refractivity contribution >= 4 is 18.1 Å². The van der Waals surface area contributed by atoms with Crippen molar-refractivity contribution in [1.29, 1.82) is 0 Å². The van der Waals surface area contributed by atoms with Crippen LogP contribution >= 0.6 is 0 Å². The molecule has 0 unspecified atom stereocenters. The van der Waals surface area contributed by atoms with Gasteiger partial charge in [0.15, 0.2) is 0 Å². The minimum absolute atomic E-state index is 0.0149. The van der Waals surface area contributed by atoms with E-state index >= 15 is 0 Å². The third kappa shape index (κ3) is 40.2. The summed E-state index contributed by atoms with van der Waals surface area (Å²) in [7, 11) is 3.77. The van der Waals surface area contributed by atoms with Crippen LogP contribution in [0.15, 0.2) is 48.6 Å². The molecule has 0 heterocycles. The minimum atomic E-state index is -0.787. The Balaban J connectivity index is 4.24. The van der Waals surface area contributed by atoms with Gasteiger partial charge in [-0.15, -0.1) is 0 Å². The summed E-state index contributed by atoms with van der Waals surface area (Å²) >= 11 is 0. The van der Waals surface area contributed by atoms with Crippen molar-refractivity contribution in [3.05, 3.63) is 48.6 Å². The Morgan fingerprint density at radius 1 is 0.472 bits per heavy atom. The van der Waals surface area contributed by atoms with E-state index in [4.69, 9.17) is 18.9 Å². The van der Waals surface area contributed by atoms with Gasteiger partial charge in [0.05, 0.1) is 5.92 Å². The monoisotopic (exact) mass is 746 g/mol. The Hall–Kier alpha value is -2.87. The van der Waals surface area contributed by atoms with Crippen LogP contribution in [0.1, 0.15) is 168 Å². The Bertz CT molecular complexity index is 910. The first-order valence-corrected chi connectivity index (χ1v) is 21.2. The van der Waals surface area contributed by atoms with Crippen LogP contribution in [0.3, 0.4) is 0 Å². The zero-order chi connectivity index (χ0) is 38.9. The maximum absolute atomic E-state index is 12.4. The average molecular weight is 746 g/mol. The van der Waals surface area contributed by atoms with Crippen LogP contribution in [-0.4, -0.2) is 70.1 Å². The third-order valence-corrected chi connectivity index (χ3v) is 8.82. The fourth-order valence-electron chi connectivity index (χ4n) is 5.41. The van der Waals surface area contributed by atoms with Gasteiger partial charge in [0.1, 0.15) is 26.4 Å². The summed E-state index contributed by atoms with van der Waals surface area (Å²) in [4.78, 5) is 38.8. The zero-order valence-corrected chi connectivity index (χ0v) is 34.5. The molecule has 0 aromatic carbocycles. The van der Waals surface area contributed by atoms with Crippen LogP contribution in [-0.2, 0) is 28.5 Å². The van der Waals surface area contributed by atoms with E-state index in [1.807, 2.05) is 19.0 Å². The molecular formula is C45H79NO7. The van der Waals surface area contributed by atoms with Gasteiger partial charge in [0, 0.05) is 19.4 Å². The molecule has 0 fully saturated rings. The number of hydrogen-bond acceptors (Lipinski definition) is 8. The zero-order valence-electron chi connectivity index (χ0n) is 34.5. The first-order chi connectivity index (χ1) is 25.9. The number of hydrogen-bond donors (Lipinski definition) is 0. The summed E-state index contributed by atoms with van der Waals surface area (Å²) in [5.74, 6) is -1.03. The molecule has 8 nitrogen and oxygen atoms in total. The normalized spacial score (nSPS) is 12.0. The fourth-order valence-corrected chi connectivity index (χ4v) is 5.41. The number of carbonyl (C=O) groups excluding carboxylic acids is 3. The average Bonchev–Trinajstić information content (AvgIpc) is 3.14. The Morgan fingerprint density at radius 3 is 1.26 bits per heavy atom. The largest absolute Gasteiger partial charge is 0.508 e. The summed E-state index contributed by atoms with van der Waals surface area (Å²) in [6.45, 7) is 5.22. The fraction of sp³-hybridized carbons (Fsp3) is 0.756. The molecule has 0 saturated carbocycles. The number of rotatable bonds is 37. The SMILES string of the molecule is CCCCC/C=C\C/C=C\CCCCCCCC(=O)OCC(COC(=O)CCCCCCC/C=C\C/C=C\CCCCC)COC(=O)OCCN(C)C. The molecule has 0 atom stereocenters. The van der Waals surface area contributed by atoms with Crippen molar-refractivity contribution < 1.29 is 33.3 Å². The van der Waals surface area contributed by atoms with Gasteiger partial charge in [-0.05, 0) is 91.1 Å². The smallest absolute Gasteiger partial charge is 0.465 e. The predicted molar refractivity (Wildman–Crippen MR) is 220 cm³/mol. The first-order valence-electron chi connectivity index (χ1n) is 21.2. The minimum Gasteiger partial charge on any atom is -0.465 e. The van der Waals surface area contributed by atoms with Crippen molar-refractivity contribution in [2.45, 2.75) is 168 Å². The number of ether oxygens (including phenoxy) is 4. The molecule has 0 rings (SSSR count). The molecule has 0 radical (unpaired) electrons. The predicted octanol–water partition coefficient (Wildman–Crippen LogP) is 12.0. The second kappa shape index (κ2) is 40.3. The van der Waals surface area contributed by atoms with E-state index in [1.165, 1.54) is 51.4 Å². The molecule has 0 amide bonds. The standard InChI is InChI=1S/C45H79NO7/c1-5-7-9-11-13-15-17-19-21-23-25-27-29-31-33-35-43(47)51-39-42(41-53-45(49)50-38-37-46(3)4)40-52-44(48)36-34-32-30-28-26-24-22-20-18-16-14-12-10-8-6-2/h13-16,19-22,42H,5-12,17-18,23-41H2,1-4H3/b15-13-,16-14-,21-19-,22-20-. The maximum atomic E-state index is 12.4. The number of carbonyl (C=O) groups is 3. The first kappa shape index (κ1) is 50.1. The summed E-state index contributed by atoms with van der Waals surface area (Å²) in [5.41, 5.74) is 0. The molecule has 306 valence electrons. The molecule has 0 N–H and O–H groups in total. The molecule has 0 bridgehead atoms. The summed E-state index contributed by atoms with van der Waals surface area (Å²) < 4.78 is 21.3. The van der Waals surface area contributed by atoms with Crippen LogP contribution < -0.4 is 0 Å². The Kier molecular flexibility index (Phi) is 38.1. The maximum Gasteiger partial charge on any atom is 0.508 e. The summed E-state index contributed by atoms with van der Waals surface area (Å²) in [6, 6.07) is 0. The van der Waals surface area contributed by atoms with Crippen molar-refractivity contribution in [1.82, 2.24) is 4.90 Å². The molecule has 0 aliphatic heterocycles. The lowest BCUT2D eigenvalue weighted by molar-refractivity contribution is -0.150. The van der Waals surface area contributed by atoms with Gasteiger partial charge in [-0.1, -0.05) is 127 Å². The molecule has 8 heteroatoms. The van der Waals surface area contributed by atoms with Gasteiger partial charge in [0.25, 0.3) is 0 Å².